The lowest BCUT2D eigenvalue weighted by atomic mass is 10.0. The van der Waals surface area contributed by atoms with Crippen LogP contribution in [0.3, 0.4) is 0 Å². The normalized spacial score (nSPS) is 18.4. The Morgan fingerprint density at radius 3 is 2.72 bits per heavy atom. The van der Waals surface area contributed by atoms with Crippen LogP contribution in [0.1, 0.15) is 24.6 Å². The van der Waals surface area contributed by atoms with Crippen LogP contribution in [0.4, 0.5) is 24.5 Å². The molecule has 0 amide bonds. The van der Waals surface area contributed by atoms with Gasteiger partial charge in [-0.25, -0.2) is 0 Å². The number of anilines is 1. The van der Waals surface area contributed by atoms with E-state index < -0.39 is 16.8 Å². The number of nitro benzene ring substituents is 1. The fourth-order valence-electron chi connectivity index (χ4n) is 2.99. The zero-order valence-corrected chi connectivity index (χ0v) is 13.7. The highest BCUT2D eigenvalue weighted by Crippen LogP contribution is 2.35. The minimum absolute atomic E-state index is 0.121. The molecule has 0 bridgehead atoms. The molecular formula is C15H14ClF3N4O2. The van der Waals surface area contributed by atoms with Gasteiger partial charge in [0.2, 0.25) is 0 Å². The second kappa shape index (κ2) is 6.55. The van der Waals surface area contributed by atoms with E-state index in [1.54, 1.807) is 17.0 Å². The number of benzene rings is 1. The molecule has 2 heterocycles. The number of nitrogens with zero attached hydrogens (tertiary/aromatic N) is 4. The molecule has 1 atom stereocenters. The first-order valence-electron chi connectivity index (χ1n) is 7.57. The van der Waals surface area contributed by atoms with E-state index >= 15 is 0 Å². The summed E-state index contributed by atoms with van der Waals surface area (Å²) in [5, 5.41) is 15.1. The maximum Gasteiger partial charge on any atom is 0.435 e. The van der Waals surface area contributed by atoms with Gasteiger partial charge < -0.3 is 4.90 Å². The quantitative estimate of drug-likeness (QED) is 0.593. The van der Waals surface area contributed by atoms with Gasteiger partial charge in [-0.3, -0.25) is 14.8 Å². The standard InChI is InChI=1S/C15H14ClF3N4O2/c16-10-3-4-12(13(8-10)23(24)25)21-6-1-2-11(9-21)22-7-5-14(20-22)15(17,18)19/h3-5,7-8,11H,1-2,6,9H2. The SMILES string of the molecule is O=[N+]([O-])c1cc(Cl)ccc1N1CCCC(n2ccc(C(F)(F)F)n2)C1. The topological polar surface area (TPSA) is 64.2 Å². The molecule has 6 nitrogen and oxygen atoms in total. The maximum absolute atomic E-state index is 12.7. The van der Waals surface area contributed by atoms with Crippen LogP contribution in [0.25, 0.3) is 0 Å². The van der Waals surface area contributed by atoms with Gasteiger partial charge >= 0.3 is 6.18 Å². The third-order valence-electron chi connectivity index (χ3n) is 4.14. The fraction of sp³-hybridized carbons (Fsp3) is 0.400. The second-order valence-corrected chi connectivity index (χ2v) is 6.25. The zero-order chi connectivity index (χ0) is 18.2. The average molecular weight is 375 g/mol. The number of nitro groups is 1. The van der Waals surface area contributed by atoms with E-state index in [0.29, 0.717) is 31.6 Å². The molecular weight excluding hydrogens is 361 g/mol. The Morgan fingerprint density at radius 1 is 1.32 bits per heavy atom. The van der Waals surface area contributed by atoms with Gasteiger partial charge in [-0.15, -0.1) is 0 Å². The molecule has 0 radical (unpaired) electrons. The van der Waals surface area contributed by atoms with E-state index in [1.165, 1.54) is 16.9 Å². The lowest BCUT2D eigenvalue weighted by Crippen LogP contribution is -2.37. The van der Waals surface area contributed by atoms with Crippen molar-refractivity contribution in [1.82, 2.24) is 9.78 Å². The van der Waals surface area contributed by atoms with Gasteiger partial charge in [0.25, 0.3) is 5.69 Å². The molecule has 0 aliphatic carbocycles. The molecule has 1 unspecified atom stereocenters. The summed E-state index contributed by atoms with van der Waals surface area (Å²) in [6.07, 6.45) is -1.86. The molecule has 3 rings (SSSR count). The van der Waals surface area contributed by atoms with E-state index in [9.17, 15) is 23.3 Å². The van der Waals surface area contributed by atoms with Crippen LogP contribution in [0.5, 0.6) is 0 Å². The first kappa shape index (κ1) is 17.5. The number of rotatable bonds is 3. The third-order valence-corrected chi connectivity index (χ3v) is 4.38. The lowest BCUT2D eigenvalue weighted by Gasteiger charge is -2.34. The summed E-state index contributed by atoms with van der Waals surface area (Å²) in [6, 6.07) is 5.04. The third kappa shape index (κ3) is 3.71. The zero-order valence-electron chi connectivity index (χ0n) is 12.9. The molecule has 0 N–H and O–H groups in total. The van der Waals surface area contributed by atoms with Crippen molar-refractivity contribution in [2.24, 2.45) is 0 Å². The Balaban J connectivity index is 1.85. The van der Waals surface area contributed by atoms with Crippen LogP contribution < -0.4 is 4.90 Å². The largest absolute Gasteiger partial charge is 0.435 e. The van der Waals surface area contributed by atoms with Crippen molar-refractivity contribution in [1.29, 1.82) is 0 Å². The first-order chi connectivity index (χ1) is 11.8. The number of hydrogen-bond donors (Lipinski definition) is 0. The smallest absolute Gasteiger partial charge is 0.364 e. The van der Waals surface area contributed by atoms with Crippen molar-refractivity contribution in [3.8, 4) is 0 Å². The monoisotopic (exact) mass is 374 g/mol. The van der Waals surface area contributed by atoms with Gasteiger partial charge in [0.05, 0.1) is 11.0 Å². The average Bonchev–Trinajstić information content (AvgIpc) is 3.05. The molecule has 1 aromatic heterocycles. The van der Waals surface area contributed by atoms with E-state index in [-0.39, 0.29) is 16.8 Å². The Hall–Kier alpha value is -2.29. The number of halogens is 4. The van der Waals surface area contributed by atoms with Crippen molar-refractivity contribution < 1.29 is 18.1 Å². The summed E-state index contributed by atoms with van der Waals surface area (Å²) in [5.74, 6) is 0. The predicted octanol–water partition coefficient (Wildman–Crippen LogP) is 4.31. The number of hydrogen-bond acceptors (Lipinski definition) is 4. The van der Waals surface area contributed by atoms with Crippen molar-refractivity contribution >= 4 is 23.0 Å². The molecule has 10 heteroatoms. The number of piperidine rings is 1. The Labute approximate surface area is 145 Å². The van der Waals surface area contributed by atoms with Crippen molar-refractivity contribution in [2.75, 3.05) is 18.0 Å². The van der Waals surface area contributed by atoms with Crippen LogP contribution >= 0.6 is 11.6 Å². The highest BCUT2D eigenvalue weighted by atomic mass is 35.5. The van der Waals surface area contributed by atoms with Crippen LogP contribution in [0.15, 0.2) is 30.5 Å². The summed E-state index contributed by atoms with van der Waals surface area (Å²) in [4.78, 5) is 12.5. The molecule has 2 aromatic rings. The predicted molar refractivity (Wildman–Crippen MR) is 85.8 cm³/mol. The van der Waals surface area contributed by atoms with Crippen LogP contribution in [0, 0.1) is 10.1 Å². The molecule has 1 aliphatic heterocycles. The summed E-state index contributed by atoms with van der Waals surface area (Å²) < 4.78 is 39.4. The lowest BCUT2D eigenvalue weighted by molar-refractivity contribution is -0.384. The highest BCUT2D eigenvalue weighted by molar-refractivity contribution is 6.30. The molecule has 0 spiro atoms. The minimum atomic E-state index is -4.49. The van der Waals surface area contributed by atoms with Gasteiger partial charge in [0.1, 0.15) is 5.69 Å². The second-order valence-electron chi connectivity index (χ2n) is 5.81. The van der Waals surface area contributed by atoms with Crippen molar-refractivity contribution in [3.05, 3.63) is 51.3 Å². The summed E-state index contributed by atoms with van der Waals surface area (Å²) >= 11 is 5.83. The fourth-order valence-corrected chi connectivity index (χ4v) is 3.16. The Morgan fingerprint density at radius 2 is 2.08 bits per heavy atom. The van der Waals surface area contributed by atoms with Gasteiger partial charge in [-0.2, -0.15) is 18.3 Å². The number of aromatic nitrogens is 2. The molecule has 134 valence electrons. The van der Waals surface area contributed by atoms with E-state index in [0.717, 1.165) is 6.07 Å². The van der Waals surface area contributed by atoms with Crippen LogP contribution in [0.2, 0.25) is 5.02 Å². The summed E-state index contributed by atoms with van der Waals surface area (Å²) in [7, 11) is 0. The molecule has 1 aromatic carbocycles. The van der Waals surface area contributed by atoms with Crippen LogP contribution in [-0.2, 0) is 6.18 Å². The van der Waals surface area contributed by atoms with Crippen molar-refractivity contribution in [2.45, 2.75) is 25.1 Å². The molecule has 25 heavy (non-hydrogen) atoms. The van der Waals surface area contributed by atoms with Gasteiger partial charge in [-0.1, -0.05) is 11.6 Å². The minimum Gasteiger partial charge on any atom is -0.364 e. The number of alkyl halides is 3. The van der Waals surface area contributed by atoms with Gasteiger partial charge in [0, 0.05) is 30.4 Å². The van der Waals surface area contributed by atoms with E-state index in [1.807, 2.05) is 0 Å². The Kier molecular flexibility index (Phi) is 4.59. The molecule has 1 fully saturated rings. The summed E-state index contributed by atoms with van der Waals surface area (Å²) in [6.45, 7) is 0.911. The van der Waals surface area contributed by atoms with Gasteiger partial charge in [0.15, 0.2) is 5.69 Å². The highest BCUT2D eigenvalue weighted by Gasteiger charge is 2.35. The first-order valence-corrected chi connectivity index (χ1v) is 7.95. The van der Waals surface area contributed by atoms with Crippen molar-refractivity contribution in [3.63, 3.8) is 0 Å². The molecule has 1 aliphatic rings. The molecule has 0 saturated carbocycles. The van der Waals surface area contributed by atoms with E-state index in [2.05, 4.69) is 5.10 Å². The summed E-state index contributed by atoms with van der Waals surface area (Å²) in [5.41, 5.74) is -0.658. The van der Waals surface area contributed by atoms with E-state index in [4.69, 9.17) is 11.6 Å². The van der Waals surface area contributed by atoms with Gasteiger partial charge in [-0.05, 0) is 31.0 Å². The van der Waals surface area contributed by atoms with Crippen LogP contribution in [-0.4, -0.2) is 27.8 Å². The Bertz CT molecular complexity index is 793. The molecule has 1 saturated heterocycles. The maximum atomic E-state index is 12.7.